The van der Waals surface area contributed by atoms with Gasteiger partial charge in [0.1, 0.15) is 11.5 Å². The average molecular weight is 151 g/mol. The van der Waals surface area contributed by atoms with Crippen molar-refractivity contribution in [2.75, 3.05) is 13.7 Å². The highest BCUT2D eigenvalue weighted by Crippen LogP contribution is 2.15. The minimum atomic E-state index is 0.681. The second-order valence-corrected chi connectivity index (χ2v) is 2.03. The molecule has 0 saturated carbocycles. The highest BCUT2D eigenvalue weighted by molar-refractivity contribution is 5.29. The van der Waals surface area contributed by atoms with Crippen LogP contribution in [0.1, 0.15) is 6.92 Å². The summed E-state index contributed by atoms with van der Waals surface area (Å²) in [4.78, 5) is 0. The Morgan fingerprint density at radius 2 is 2.27 bits per heavy atom. The van der Waals surface area contributed by atoms with Crippen LogP contribution in [0.25, 0.3) is 0 Å². The first kappa shape index (κ1) is 7.92. The Balaban J connectivity index is 2.66. The smallest absolute Gasteiger partial charge is 0.127 e. The quantitative estimate of drug-likeness (QED) is 0.656. The molecule has 0 N–H and O–H groups in total. The van der Waals surface area contributed by atoms with Crippen molar-refractivity contribution >= 4 is 0 Å². The van der Waals surface area contributed by atoms with Gasteiger partial charge in [0, 0.05) is 6.07 Å². The van der Waals surface area contributed by atoms with Crippen LogP contribution in [0.15, 0.2) is 18.2 Å². The van der Waals surface area contributed by atoms with Crippen molar-refractivity contribution in [1.82, 2.24) is 0 Å². The van der Waals surface area contributed by atoms with Crippen molar-refractivity contribution < 1.29 is 9.47 Å². The van der Waals surface area contributed by atoms with Crippen LogP contribution in [-0.4, -0.2) is 13.7 Å². The molecule has 0 heterocycles. The SMILES string of the molecule is CCOc1c[c]c(OC)cc1. The molecule has 0 aliphatic carbocycles. The largest absolute Gasteiger partial charge is 0.496 e. The summed E-state index contributed by atoms with van der Waals surface area (Å²) in [6.07, 6.45) is 0. The van der Waals surface area contributed by atoms with Crippen LogP contribution in [0.4, 0.5) is 0 Å². The number of rotatable bonds is 3. The number of benzene rings is 1. The summed E-state index contributed by atoms with van der Waals surface area (Å²) in [7, 11) is 1.62. The molecule has 2 nitrogen and oxygen atoms in total. The molecular weight excluding hydrogens is 140 g/mol. The average Bonchev–Trinajstić information content (AvgIpc) is 2.07. The van der Waals surface area contributed by atoms with Gasteiger partial charge in [-0.05, 0) is 25.1 Å². The van der Waals surface area contributed by atoms with Crippen molar-refractivity contribution in [2.45, 2.75) is 6.92 Å². The van der Waals surface area contributed by atoms with E-state index in [1.54, 1.807) is 13.2 Å². The molecule has 2 heteroatoms. The van der Waals surface area contributed by atoms with Gasteiger partial charge in [0.2, 0.25) is 0 Å². The predicted octanol–water partition coefficient (Wildman–Crippen LogP) is 1.89. The lowest BCUT2D eigenvalue weighted by molar-refractivity contribution is 0.339. The molecule has 1 radical (unpaired) electrons. The lowest BCUT2D eigenvalue weighted by atomic mass is 10.3. The number of hydrogen-bond donors (Lipinski definition) is 0. The van der Waals surface area contributed by atoms with E-state index in [1.807, 2.05) is 19.1 Å². The molecular formula is C9H11O2. The summed E-state index contributed by atoms with van der Waals surface area (Å²) in [5, 5.41) is 0. The number of hydrogen-bond acceptors (Lipinski definition) is 2. The third-order valence-corrected chi connectivity index (χ3v) is 1.29. The predicted molar refractivity (Wildman–Crippen MR) is 43.0 cm³/mol. The minimum absolute atomic E-state index is 0.681. The number of methoxy groups -OCH3 is 1. The van der Waals surface area contributed by atoms with E-state index >= 15 is 0 Å². The normalized spacial score (nSPS) is 9.27. The maximum atomic E-state index is 5.22. The third-order valence-electron chi connectivity index (χ3n) is 1.29. The van der Waals surface area contributed by atoms with Crippen molar-refractivity contribution in [1.29, 1.82) is 0 Å². The summed E-state index contributed by atoms with van der Waals surface area (Å²) >= 11 is 0. The fraction of sp³-hybridized carbons (Fsp3) is 0.333. The van der Waals surface area contributed by atoms with E-state index in [0.29, 0.717) is 6.61 Å². The molecule has 1 aromatic carbocycles. The van der Waals surface area contributed by atoms with Crippen LogP contribution < -0.4 is 9.47 Å². The number of ether oxygens (including phenoxy) is 2. The molecule has 0 aliphatic heterocycles. The summed E-state index contributed by atoms with van der Waals surface area (Å²) in [5.41, 5.74) is 0. The van der Waals surface area contributed by atoms with Crippen molar-refractivity contribution in [3.8, 4) is 11.5 Å². The fourth-order valence-electron chi connectivity index (χ4n) is 0.780. The van der Waals surface area contributed by atoms with Crippen LogP contribution in [0.2, 0.25) is 0 Å². The van der Waals surface area contributed by atoms with Gasteiger partial charge in [0.25, 0.3) is 0 Å². The first-order valence-corrected chi connectivity index (χ1v) is 3.55. The van der Waals surface area contributed by atoms with Crippen LogP contribution in [0.5, 0.6) is 11.5 Å². The van der Waals surface area contributed by atoms with Crippen LogP contribution >= 0.6 is 0 Å². The Bertz CT molecular complexity index is 203. The van der Waals surface area contributed by atoms with Crippen molar-refractivity contribution in [3.63, 3.8) is 0 Å². The highest BCUT2D eigenvalue weighted by Gasteiger charge is 1.92. The van der Waals surface area contributed by atoms with E-state index in [-0.39, 0.29) is 0 Å². The zero-order chi connectivity index (χ0) is 8.10. The lowest BCUT2D eigenvalue weighted by Crippen LogP contribution is -1.91. The van der Waals surface area contributed by atoms with Gasteiger partial charge in [0.15, 0.2) is 0 Å². The zero-order valence-electron chi connectivity index (χ0n) is 6.76. The molecule has 0 saturated heterocycles. The monoisotopic (exact) mass is 151 g/mol. The Morgan fingerprint density at radius 3 is 2.73 bits per heavy atom. The molecule has 0 unspecified atom stereocenters. The topological polar surface area (TPSA) is 18.5 Å². The van der Waals surface area contributed by atoms with Crippen LogP contribution in [-0.2, 0) is 0 Å². The van der Waals surface area contributed by atoms with E-state index in [9.17, 15) is 0 Å². The molecule has 11 heavy (non-hydrogen) atoms. The van der Waals surface area contributed by atoms with Crippen LogP contribution in [0.3, 0.4) is 0 Å². The van der Waals surface area contributed by atoms with Gasteiger partial charge >= 0.3 is 0 Å². The third kappa shape index (κ3) is 2.15. The molecule has 59 valence electrons. The van der Waals surface area contributed by atoms with E-state index in [2.05, 4.69) is 6.07 Å². The van der Waals surface area contributed by atoms with Crippen LogP contribution in [0, 0.1) is 6.07 Å². The molecule has 0 amide bonds. The molecule has 1 rings (SSSR count). The molecule has 1 aromatic rings. The summed E-state index contributed by atoms with van der Waals surface area (Å²) in [6.45, 7) is 2.63. The summed E-state index contributed by atoms with van der Waals surface area (Å²) in [5.74, 6) is 1.56. The Kier molecular flexibility index (Phi) is 2.78. The van der Waals surface area contributed by atoms with E-state index in [4.69, 9.17) is 9.47 Å². The van der Waals surface area contributed by atoms with E-state index in [0.717, 1.165) is 11.5 Å². The maximum absolute atomic E-state index is 5.22. The first-order chi connectivity index (χ1) is 5.36. The maximum Gasteiger partial charge on any atom is 0.127 e. The molecule has 0 aromatic heterocycles. The standard InChI is InChI=1S/C9H11O2/c1-3-11-9-6-4-8(10-2)5-7-9/h4,6-7H,3H2,1-2H3. The van der Waals surface area contributed by atoms with Gasteiger partial charge in [-0.15, -0.1) is 0 Å². The van der Waals surface area contributed by atoms with Gasteiger partial charge < -0.3 is 9.47 Å². The first-order valence-electron chi connectivity index (χ1n) is 3.55. The minimum Gasteiger partial charge on any atom is -0.496 e. The van der Waals surface area contributed by atoms with Crippen molar-refractivity contribution in [2.24, 2.45) is 0 Å². The summed E-state index contributed by atoms with van der Waals surface area (Å²) in [6, 6.07) is 8.37. The van der Waals surface area contributed by atoms with Gasteiger partial charge in [-0.3, -0.25) is 0 Å². The molecule has 0 fully saturated rings. The molecule has 0 spiro atoms. The van der Waals surface area contributed by atoms with Gasteiger partial charge in [-0.25, -0.2) is 0 Å². The molecule has 0 atom stereocenters. The highest BCUT2D eigenvalue weighted by atomic mass is 16.5. The van der Waals surface area contributed by atoms with Gasteiger partial charge in [-0.1, -0.05) is 0 Å². The van der Waals surface area contributed by atoms with E-state index in [1.165, 1.54) is 0 Å². The molecule has 0 bridgehead atoms. The molecule has 0 aliphatic rings. The zero-order valence-corrected chi connectivity index (χ0v) is 6.76. The second-order valence-electron chi connectivity index (χ2n) is 2.03. The fourth-order valence-corrected chi connectivity index (χ4v) is 0.780. The van der Waals surface area contributed by atoms with Gasteiger partial charge in [0.05, 0.1) is 13.7 Å². The Morgan fingerprint density at radius 1 is 1.45 bits per heavy atom. The van der Waals surface area contributed by atoms with Crippen molar-refractivity contribution in [3.05, 3.63) is 24.3 Å². The van der Waals surface area contributed by atoms with E-state index < -0.39 is 0 Å². The second kappa shape index (κ2) is 3.86. The van der Waals surface area contributed by atoms with Gasteiger partial charge in [-0.2, -0.15) is 0 Å². The Labute approximate surface area is 66.8 Å². The lowest BCUT2D eigenvalue weighted by Gasteiger charge is -2.02. The summed E-state index contributed by atoms with van der Waals surface area (Å²) < 4.78 is 10.2. The Hall–Kier alpha value is -1.18.